The number of nitrogens with one attached hydrogen (secondary N) is 1. The highest BCUT2D eigenvalue weighted by Crippen LogP contribution is 2.53. The first-order valence-electron chi connectivity index (χ1n) is 9.50. The van der Waals surface area contributed by atoms with Crippen LogP contribution in [0.25, 0.3) is 21.2 Å². The Bertz CT molecular complexity index is 971. The third-order valence-corrected chi connectivity index (χ3v) is 6.77. The van der Waals surface area contributed by atoms with Crippen LogP contribution < -0.4 is 5.32 Å². The van der Waals surface area contributed by atoms with Gasteiger partial charge in [-0.1, -0.05) is 12.1 Å². The SMILES string of the molecule is O=C(CN1CCC2(CC1)CC2)Nc1cc2cc(-c3cncs3)ccc2cn1. The zero-order valence-electron chi connectivity index (χ0n) is 15.1. The van der Waals surface area contributed by atoms with Crippen LogP contribution in [0.5, 0.6) is 0 Å². The highest BCUT2D eigenvalue weighted by molar-refractivity contribution is 7.13. The van der Waals surface area contributed by atoms with Crippen LogP contribution in [0.1, 0.15) is 25.7 Å². The Morgan fingerprint density at radius 1 is 1.11 bits per heavy atom. The van der Waals surface area contributed by atoms with Crippen molar-refractivity contribution in [3.63, 3.8) is 0 Å². The van der Waals surface area contributed by atoms with Gasteiger partial charge in [-0.25, -0.2) is 4.98 Å². The molecule has 2 fully saturated rings. The number of pyridine rings is 1. The molecule has 1 aliphatic carbocycles. The number of likely N-dealkylation sites (tertiary alicyclic amines) is 1. The Morgan fingerprint density at radius 2 is 1.96 bits per heavy atom. The van der Waals surface area contributed by atoms with Crippen LogP contribution in [-0.4, -0.2) is 40.4 Å². The second kappa shape index (κ2) is 6.69. The highest BCUT2D eigenvalue weighted by Gasteiger charge is 2.44. The van der Waals surface area contributed by atoms with Crippen LogP contribution >= 0.6 is 11.3 Å². The predicted molar refractivity (Wildman–Crippen MR) is 109 cm³/mol. The molecular formula is C21H22N4OS. The summed E-state index contributed by atoms with van der Waals surface area (Å²) in [4.78, 5) is 24.4. The number of benzene rings is 1. The van der Waals surface area contributed by atoms with Crippen LogP contribution in [0.4, 0.5) is 5.82 Å². The van der Waals surface area contributed by atoms with Gasteiger partial charge in [0.25, 0.3) is 0 Å². The van der Waals surface area contributed by atoms with E-state index in [1.54, 1.807) is 11.3 Å². The number of anilines is 1. The van der Waals surface area contributed by atoms with E-state index < -0.39 is 0 Å². The molecule has 2 aromatic heterocycles. The van der Waals surface area contributed by atoms with E-state index in [0.717, 1.165) is 34.3 Å². The van der Waals surface area contributed by atoms with Crippen LogP contribution in [-0.2, 0) is 4.79 Å². The van der Waals surface area contributed by atoms with E-state index >= 15 is 0 Å². The Morgan fingerprint density at radius 3 is 2.70 bits per heavy atom. The molecule has 5 nitrogen and oxygen atoms in total. The molecule has 0 radical (unpaired) electrons. The minimum absolute atomic E-state index is 0.0206. The van der Waals surface area contributed by atoms with Gasteiger partial charge in [-0.15, -0.1) is 11.3 Å². The first kappa shape index (κ1) is 16.8. The molecule has 3 heterocycles. The number of amides is 1. The van der Waals surface area contributed by atoms with Crippen molar-refractivity contribution in [3.8, 4) is 10.4 Å². The number of carbonyl (C=O) groups is 1. The minimum Gasteiger partial charge on any atom is -0.310 e. The van der Waals surface area contributed by atoms with E-state index in [0.29, 0.717) is 17.8 Å². The van der Waals surface area contributed by atoms with Crippen molar-refractivity contribution in [3.05, 3.63) is 42.2 Å². The summed E-state index contributed by atoms with van der Waals surface area (Å²) in [5, 5.41) is 5.10. The number of rotatable bonds is 4. The topological polar surface area (TPSA) is 58.1 Å². The average molecular weight is 379 g/mol. The zero-order chi connectivity index (χ0) is 18.3. The molecule has 138 valence electrons. The normalized spacial score (nSPS) is 18.7. The number of hydrogen-bond donors (Lipinski definition) is 1. The molecule has 3 aromatic rings. The molecular weight excluding hydrogens is 356 g/mol. The lowest BCUT2D eigenvalue weighted by Crippen LogP contribution is -2.39. The molecule has 1 aliphatic heterocycles. The lowest BCUT2D eigenvalue weighted by Gasteiger charge is -2.31. The Labute approximate surface area is 162 Å². The molecule has 0 bridgehead atoms. The van der Waals surface area contributed by atoms with Gasteiger partial charge in [0.15, 0.2) is 0 Å². The number of fused-ring (bicyclic) bond motifs is 1. The van der Waals surface area contributed by atoms with E-state index in [1.807, 2.05) is 24.0 Å². The van der Waals surface area contributed by atoms with Crippen molar-refractivity contribution < 1.29 is 4.79 Å². The molecule has 6 heteroatoms. The molecule has 5 rings (SSSR count). The molecule has 1 N–H and O–H groups in total. The number of piperidine rings is 1. The van der Waals surface area contributed by atoms with Crippen molar-refractivity contribution in [2.24, 2.45) is 5.41 Å². The first-order valence-corrected chi connectivity index (χ1v) is 10.4. The van der Waals surface area contributed by atoms with Gasteiger partial charge in [-0.3, -0.25) is 14.7 Å². The molecule has 0 atom stereocenters. The zero-order valence-corrected chi connectivity index (χ0v) is 16.0. The first-order chi connectivity index (χ1) is 13.2. The second-order valence-corrected chi connectivity index (χ2v) is 8.71. The summed E-state index contributed by atoms with van der Waals surface area (Å²) >= 11 is 1.62. The smallest absolute Gasteiger partial charge is 0.239 e. The van der Waals surface area contributed by atoms with Crippen molar-refractivity contribution in [1.29, 1.82) is 0 Å². The van der Waals surface area contributed by atoms with E-state index in [9.17, 15) is 4.79 Å². The van der Waals surface area contributed by atoms with Crippen molar-refractivity contribution in [2.75, 3.05) is 25.0 Å². The van der Waals surface area contributed by atoms with Crippen LogP contribution in [0, 0.1) is 5.41 Å². The summed E-state index contributed by atoms with van der Waals surface area (Å²) in [6.45, 7) is 2.53. The summed E-state index contributed by atoms with van der Waals surface area (Å²) in [5.74, 6) is 0.636. The number of aromatic nitrogens is 2. The molecule has 2 aliphatic rings. The third kappa shape index (κ3) is 3.59. The number of hydrogen-bond acceptors (Lipinski definition) is 5. The molecule has 1 aromatic carbocycles. The predicted octanol–water partition coefficient (Wildman–Crippen LogP) is 4.17. The summed E-state index contributed by atoms with van der Waals surface area (Å²) in [5.41, 5.74) is 3.61. The monoisotopic (exact) mass is 378 g/mol. The van der Waals surface area contributed by atoms with E-state index in [1.165, 1.54) is 25.7 Å². The summed E-state index contributed by atoms with van der Waals surface area (Å²) in [6, 6.07) is 8.22. The average Bonchev–Trinajstić information content (AvgIpc) is 3.20. The Balaban J connectivity index is 1.27. The van der Waals surface area contributed by atoms with Gasteiger partial charge < -0.3 is 5.32 Å². The molecule has 1 saturated heterocycles. The third-order valence-electron chi connectivity index (χ3n) is 5.95. The largest absolute Gasteiger partial charge is 0.310 e. The number of thiazole rings is 1. The minimum atomic E-state index is 0.0206. The number of nitrogens with zero attached hydrogens (tertiary/aromatic N) is 3. The van der Waals surface area contributed by atoms with Crippen molar-refractivity contribution in [1.82, 2.24) is 14.9 Å². The maximum absolute atomic E-state index is 12.4. The van der Waals surface area contributed by atoms with Crippen LogP contribution in [0.2, 0.25) is 0 Å². The Kier molecular flexibility index (Phi) is 4.17. The van der Waals surface area contributed by atoms with Gasteiger partial charge >= 0.3 is 0 Å². The van der Waals surface area contributed by atoms with Gasteiger partial charge in [-0.2, -0.15) is 0 Å². The van der Waals surface area contributed by atoms with Gasteiger partial charge in [-0.05, 0) is 67.3 Å². The standard InChI is InChI=1S/C21H22N4OS/c26-20(13-25-7-5-21(3-4-21)6-8-25)24-19-10-17-9-15(18-12-22-14-27-18)1-2-16(17)11-23-19/h1-2,9-12,14H,3-8,13H2,(H,23,24,26). The van der Waals surface area contributed by atoms with Gasteiger partial charge in [0, 0.05) is 17.8 Å². The fraction of sp³-hybridized carbons (Fsp3) is 0.381. The van der Waals surface area contributed by atoms with Gasteiger partial charge in [0.1, 0.15) is 5.82 Å². The lowest BCUT2D eigenvalue weighted by atomic mass is 9.94. The fourth-order valence-electron chi connectivity index (χ4n) is 3.97. The highest BCUT2D eigenvalue weighted by atomic mass is 32.1. The van der Waals surface area contributed by atoms with Crippen LogP contribution in [0.3, 0.4) is 0 Å². The summed E-state index contributed by atoms with van der Waals surface area (Å²) in [6.07, 6.45) is 8.96. The fourth-order valence-corrected chi connectivity index (χ4v) is 4.59. The van der Waals surface area contributed by atoms with Crippen LogP contribution in [0.15, 0.2) is 42.2 Å². The van der Waals surface area contributed by atoms with Crippen molar-refractivity contribution in [2.45, 2.75) is 25.7 Å². The van der Waals surface area contributed by atoms with Gasteiger partial charge in [0.05, 0.1) is 16.9 Å². The van der Waals surface area contributed by atoms with E-state index in [4.69, 9.17) is 0 Å². The second-order valence-electron chi connectivity index (χ2n) is 7.82. The number of carbonyl (C=O) groups excluding carboxylic acids is 1. The molecule has 1 amide bonds. The van der Waals surface area contributed by atoms with E-state index in [-0.39, 0.29) is 5.91 Å². The summed E-state index contributed by atoms with van der Waals surface area (Å²) in [7, 11) is 0. The maximum atomic E-state index is 12.4. The quantitative estimate of drug-likeness (QED) is 0.740. The molecule has 27 heavy (non-hydrogen) atoms. The lowest BCUT2D eigenvalue weighted by molar-refractivity contribution is -0.117. The molecule has 1 saturated carbocycles. The van der Waals surface area contributed by atoms with Crippen molar-refractivity contribution >= 4 is 33.8 Å². The molecule has 0 unspecified atom stereocenters. The molecule has 1 spiro atoms. The van der Waals surface area contributed by atoms with E-state index in [2.05, 4.69) is 38.4 Å². The maximum Gasteiger partial charge on any atom is 0.239 e. The Hall–Kier alpha value is -2.31. The van der Waals surface area contributed by atoms with Gasteiger partial charge in [0.2, 0.25) is 5.91 Å². The summed E-state index contributed by atoms with van der Waals surface area (Å²) < 4.78 is 0.